The van der Waals surface area contributed by atoms with Crippen LogP contribution in [0.4, 0.5) is 4.79 Å². The molecule has 11 heteroatoms. The van der Waals surface area contributed by atoms with E-state index in [9.17, 15) is 9.59 Å². The predicted octanol–water partition coefficient (Wildman–Crippen LogP) is 0.153. The largest absolute Gasteiger partial charge is 0.473 e. The molecular formula is C19H36N4O7. The van der Waals surface area contributed by atoms with Crippen molar-refractivity contribution in [3.05, 3.63) is 0 Å². The third-order valence-corrected chi connectivity index (χ3v) is 4.21. The van der Waals surface area contributed by atoms with Gasteiger partial charge in [-0.2, -0.15) is 0 Å². The first-order valence-electron chi connectivity index (χ1n) is 9.89. The Morgan fingerprint density at radius 3 is 1.97 bits per heavy atom. The first kappa shape index (κ1) is 27.6. The van der Waals surface area contributed by atoms with Gasteiger partial charge in [0.05, 0.1) is 0 Å². The van der Waals surface area contributed by atoms with Crippen LogP contribution < -0.4 is 5.32 Å². The first-order valence-corrected chi connectivity index (χ1v) is 9.89. The van der Waals surface area contributed by atoms with E-state index in [4.69, 9.17) is 24.5 Å². The van der Waals surface area contributed by atoms with Gasteiger partial charge >= 0.3 is 18.0 Å². The summed E-state index contributed by atoms with van der Waals surface area (Å²) < 4.78 is 5.11. The second-order valence-electron chi connectivity index (χ2n) is 8.13. The molecule has 1 aliphatic rings. The average molecular weight is 433 g/mol. The number of hydrogen-bond donors (Lipinski definition) is 3. The molecule has 1 rings (SSSR count). The van der Waals surface area contributed by atoms with Crippen molar-refractivity contribution >= 4 is 23.9 Å². The van der Waals surface area contributed by atoms with Gasteiger partial charge in [-0.1, -0.05) is 0 Å². The minimum absolute atomic E-state index is 0.0388. The number of amides is 2. The first-order chi connectivity index (χ1) is 13.8. The average Bonchev–Trinajstić information content (AvgIpc) is 3.15. The Kier molecular flexibility index (Phi) is 12.7. The summed E-state index contributed by atoms with van der Waals surface area (Å²) in [5.74, 6) is -3.76. The van der Waals surface area contributed by atoms with Crippen LogP contribution in [0.1, 0.15) is 33.6 Å². The van der Waals surface area contributed by atoms with E-state index >= 15 is 0 Å². The van der Waals surface area contributed by atoms with E-state index < -0.39 is 23.6 Å². The van der Waals surface area contributed by atoms with Crippen LogP contribution in [0.2, 0.25) is 0 Å². The van der Waals surface area contributed by atoms with E-state index in [0.29, 0.717) is 6.54 Å². The fraction of sp³-hybridized carbons (Fsp3) is 0.789. The smallest absolute Gasteiger partial charge is 0.414 e. The Morgan fingerprint density at radius 2 is 1.50 bits per heavy atom. The third-order valence-electron chi connectivity index (χ3n) is 4.21. The monoisotopic (exact) mass is 432 g/mol. The van der Waals surface area contributed by atoms with Crippen molar-refractivity contribution in [1.29, 1.82) is 0 Å². The van der Waals surface area contributed by atoms with Crippen LogP contribution in [-0.4, -0.2) is 114 Å². The maximum absolute atomic E-state index is 12.0. The molecule has 0 unspecified atom stereocenters. The van der Waals surface area contributed by atoms with Gasteiger partial charge in [0.25, 0.3) is 0 Å². The number of carbonyl (C=O) groups is 4. The lowest BCUT2D eigenvalue weighted by Crippen LogP contribution is -2.43. The lowest BCUT2D eigenvalue weighted by molar-refractivity contribution is -0.159. The standard InChI is InChI=1S/C17H34N4O3.C2H2O4/c1-17(2,3)24-16(23)18-14-15(22)20(5)12-10-19(4)11-13-21-8-6-7-9-21;3-1(4)2(5)6/h6-14H2,1-5H3,(H,18,23);(H,3,4)(H,5,6). The van der Waals surface area contributed by atoms with Crippen molar-refractivity contribution in [3.63, 3.8) is 0 Å². The highest BCUT2D eigenvalue weighted by Gasteiger charge is 2.18. The van der Waals surface area contributed by atoms with Crippen LogP contribution >= 0.6 is 0 Å². The Labute approximate surface area is 177 Å². The van der Waals surface area contributed by atoms with E-state index in [-0.39, 0.29) is 12.5 Å². The van der Waals surface area contributed by atoms with Crippen LogP contribution in [0.25, 0.3) is 0 Å². The predicted molar refractivity (Wildman–Crippen MR) is 110 cm³/mol. The van der Waals surface area contributed by atoms with E-state index in [0.717, 1.165) is 19.6 Å². The normalized spacial score (nSPS) is 13.9. The minimum atomic E-state index is -1.82. The summed E-state index contributed by atoms with van der Waals surface area (Å²) in [6.45, 7) is 11.3. The fourth-order valence-corrected chi connectivity index (χ4v) is 2.47. The zero-order chi connectivity index (χ0) is 23.3. The third kappa shape index (κ3) is 14.6. The molecule has 1 saturated heterocycles. The fourth-order valence-electron chi connectivity index (χ4n) is 2.47. The van der Waals surface area contributed by atoms with Crippen molar-refractivity contribution in [2.75, 3.05) is 59.9 Å². The summed E-state index contributed by atoms with van der Waals surface area (Å²) in [6, 6.07) is 0. The van der Waals surface area contributed by atoms with Crippen molar-refractivity contribution in [2.45, 2.75) is 39.2 Å². The number of hydrogen-bond acceptors (Lipinski definition) is 7. The number of nitrogens with zero attached hydrogens (tertiary/aromatic N) is 3. The number of carboxylic acid groups (broad SMARTS) is 2. The highest BCUT2D eigenvalue weighted by atomic mass is 16.6. The molecule has 174 valence electrons. The van der Waals surface area contributed by atoms with E-state index in [1.165, 1.54) is 25.9 Å². The van der Waals surface area contributed by atoms with E-state index in [2.05, 4.69) is 22.2 Å². The molecule has 3 N–H and O–H groups in total. The molecular weight excluding hydrogens is 396 g/mol. The SMILES string of the molecule is CN(CCN1CCCC1)CCN(C)C(=O)CNC(=O)OC(C)(C)C.O=C(O)C(=O)O. The van der Waals surface area contributed by atoms with Gasteiger partial charge in [-0.15, -0.1) is 0 Å². The summed E-state index contributed by atoms with van der Waals surface area (Å²) in [4.78, 5) is 48.1. The highest BCUT2D eigenvalue weighted by Crippen LogP contribution is 2.07. The lowest BCUT2D eigenvalue weighted by atomic mass is 10.2. The molecule has 1 aliphatic heterocycles. The van der Waals surface area contributed by atoms with E-state index in [1.807, 2.05) is 0 Å². The zero-order valence-electron chi connectivity index (χ0n) is 18.6. The molecule has 0 atom stereocenters. The van der Waals surface area contributed by atoms with Crippen LogP contribution in [0, 0.1) is 0 Å². The van der Waals surface area contributed by atoms with E-state index in [1.54, 1.807) is 32.7 Å². The quantitative estimate of drug-likeness (QED) is 0.457. The number of alkyl carbamates (subject to hydrolysis) is 1. The maximum atomic E-state index is 12.0. The molecule has 30 heavy (non-hydrogen) atoms. The molecule has 0 bridgehead atoms. The van der Waals surface area contributed by atoms with Gasteiger partial charge in [-0.25, -0.2) is 14.4 Å². The van der Waals surface area contributed by atoms with Crippen LogP contribution in [0.15, 0.2) is 0 Å². The summed E-state index contributed by atoms with van der Waals surface area (Å²) >= 11 is 0. The Hall–Kier alpha value is -2.40. The molecule has 0 spiro atoms. The van der Waals surface area contributed by atoms with Gasteiger partial charge in [0.15, 0.2) is 0 Å². The molecule has 2 amide bonds. The van der Waals surface area contributed by atoms with Crippen LogP contribution in [-0.2, 0) is 19.1 Å². The molecule has 1 heterocycles. The van der Waals surface area contributed by atoms with Gasteiger partial charge in [-0.05, 0) is 53.8 Å². The number of rotatable bonds is 8. The summed E-state index contributed by atoms with van der Waals surface area (Å²) in [6.07, 6.45) is 2.06. The van der Waals surface area contributed by atoms with Gasteiger partial charge < -0.3 is 35.0 Å². The number of likely N-dealkylation sites (N-methyl/N-ethyl adjacent to an activating group) is 2. The van der Waals surface area contributed by atoms with Crippen molar-refractivity contribution < 1.29 is 34.1 Å². The molecule has 1 fully saturated rings. The molecule has 0 aliphatic carbocycles. The summed E-state index contributed by atoms with van der Waals surface area (Å²) in [7, 11) is 3.83. The Bertz CT molecular complexity index is 560. The number of likely N-dealkylation sites (tertiary alicyclic amines) is 1. The molecule has 0 aromatic rings. The maximum Gasteiger partial charge on any atom is 0.414 e. The lowest BCUT2D eigenvalue weighted by Gasteiger charge is -2.24. The highest BCUT2D eigenvalue weighted by molar-refractivity contribution is 6.27. The molecule has 0 aromatic carbocycles. The molecule has 11 nitrogen and oxygen atoms in total. The molecule has 0 saturated carbocycles. The van der Waals surface area contributed by atoms with Crippen molar-refractivity contribution in [1.82, 2.24) is 20.0 Å². The van der Waals surface area contributed by atoms with Crippen LogP contribution in [0.5, 0.6) is 0 Å². The summed E-state index contributed by atoms with van der Waals surface area (Å²) in [5.41, 5.74) is -0.558. The number of aliphatic carboxylic acids is 2. The van der Waals surface area contributed by atoms with Gasteiger partial charge in [-0.3, -0.25) is 4.79 Å². The Balaban J connectivity index is 0.00000122. The second kappa shape index (κ2) is 13.8. The molecule has 0 radical (unpaired) electrons. The minimum Gasteiger partial charge on any atom is -0.473 e. The van der Waals surface area contributed by atoms with Gasteiger partial charge in [0.1, 0.15) is 12.1 Å². The summed E-state index contributed by atoms with van der Waals surface area (Å²) in [5, 5.41) is 17.3. The number of ether oxygens (including phenoxy) is 1. The van der Waals surface area contributed by atoms with Crippen molar-refractivity contribution in [2.24, 2.45) is 0 Å². The Morgan fingerprint density at radius 1 is 0.967 bits per heavy atom. The number of carboxylic acids is 2. The number of nitrogens with one attached hydrogen (secondary N) is 1. The zero-order valence-corrected chi connectivity index (χ0v) is 18.6. The topological polar surface area (TPSA) is 140 Å². The molecule has 0 aromatic heterocycles. The second-order valence-corrected chi connectivity index (χ2v) is 8.13. The number of carbonyl (C=O) groups excluding carboxylic acids is 2. The van der Waals surface area contributed by atoms with Crippen molar-refractivity contribution in [3.8, 4) is 0 Å². The van der Waals surface area contributed by atoms with Gasteiger partial charge in [0.2, 0.25) is 5.91 Å². The van der Waals surface area contributed by atoms with Gasteiger partial charge in [0, 0.05) is 33.2 Å². The van der Waals surface area contributed by atoms with Crippen LogP contribution in [0.3, 0.4) is 0 Å².